The van der Waals surface area contributed by atoms with Crippen molar-refractivity contribution in [1.82, 2.24) is 15.2 Å². The van der Waals surface area contributed by atoms with Crippen molar-refractivity contribution < 1.29 is 9.21 Å². The van der Waals surface area contributed by atoms with Crippen LogP contribution >= 0.6 is 23.4 Å². The van der Waals surface area contributed by atoms with Crippen LogP contribution in [0.4, 0.5) is 11.6 Å². The number of hydrazone groups is 1. The van der Waals surface area contributed by atoms with Crippen molar-refractivity contribution in [3.63, 3.8) is 0 Å². The fraction of sp³-hybridized carbons (Fsp3) is 0.125. The zero-order valence-electron chi connectivity index (χ0n) is 13.7. The lowest BCUT2D eigenvalue weighted by Crippen LogP contribution is -2.14. The lowest BCUT2D eigenvalue weighted by atomic mass is 10.2. The highest BCUT2D eigenvalue weighted by atomic mass is 35.5. The number of aromatic nitrogens is 3. The third-order valence-corrected chi connectivity index (χ3v) is 4.26. The van der Waals surface area contributed by atoms with Gasteiger partial charge in [0.25, 0.3) is 0 Å². The van der Waals surface area contributed by atoms with Gasteiger partial charge in [0.05, 0.1) is 18.2 Å². The molecule has 134 valence electrons. The molecule has 0 radical (unpaired) electrons. The average Bonchev–Trinajstić information content (AvgIpc) is 3.28. The Bertz CT molecular complexity index is 909. The third-order valence-electron chi connectivity index (χ3n) is 3.18. The second-order valence-corrected chi connectivity index (χ2v) is 6.53. The number of nitrogens with one attached hydrogen (secondary N) is 3. The molecule has 0 spiro atoms. The van der Waals surface area contributed by atoms with Crippen LogP contribution in [0.5, 0.6) is 0 Å². The Balaban J connectivity index is 1.48. The van der Waals surface area contributed by atoms with Crippen molar-refractivity contribution in [2.24, 2.45) is 5.10 Å². The minimum atomic E-state index is -0.171. The molecule has 1 amide bonds. The van der Waals surface area contributed by atoms with E-state index < -0.39 is 0 Å². The molecule has 1 aromatic carbocycles. The SMILES string of the molecule is Cc1ccc(Cl)cc1NC(=O)CSc1n[nH]c(N/N=C\c2ccco2)n1. The first-order chi connectivity index (χ1) is 12.6. The number of amides is 1. The van der Waals surface area contributed by atoms with E-state index >= 15 is 0 Å². The molecule has 0 fully saturated rings. The highest BCUT2D eigenvalue weighted by molar-refractivity contribution is 7.99. The molecule has 0 atom stereocenters. The number of rotatable bonds is 7. The second-order valence-electron chi connectivity index (χ2n) is 5.15. The number of anilines is 2. The van der Waals surface area contributed by atoms with E-state index in [0.717, 1.165) is 5.56 Å². The molecule has 0 saturated carbocycles. The molecule has 0 bridgehead atoms. The molecular weight excluding hydrogens is 376 g/mol. The van der Waals surface area contributed by atoms with E-state index in [2.05, 4.69) is 31.0 Å². The fourth-order valence-electron chi connectivity index (χ4n) is 1.93. The lowest BCUT2D eigenvalue weighted by Gasteiger charge is -2.07. The number of nitrogens with zero attached hydrogens (tertiary/aromatic N) is 3. The van der Waals surface area contributed by atoms with Gasteiger partial charge in [0.1, 0.15) is 5.76 Å². The van der Waals surface area contributed by atoms with Crippen molar-refractivity contribution in [3.8, 4) is 0 Å². The number of carbonyl (C=O) groups is 1. The largest absolute Gasteiger partial charge is 0.463 e. The molecule has 3 N–H and O–H groups in total. The molecule has 0 saturated heterocycles. The van der Waals surface area contributed by atoms with Crippen molar-refractivity contribution in [3.05, 3.63) is 52.9 Å². The van der Waals surface area contributed by atoms with Gasteiger partial charge in [0.15, 0.2) is 0 Å². The highest BCUT2D eigenvalue weighted by Crippen LogP contribution is 2.21. The van der Waals surface area contributed by atoms with E-state index in [1.165, 1.54) is 18.0 Å². The van der Waals surface area contributed by atoms with Gasteiger partial charge in [-0.25, -0.2) is 10.5 Å². The predicted octanol–water partition coefficient (Wildman–Crippen LogP) is 3.54. The number of furan rings is 1. The summed E-state index contributed by atoms with van der Waals surface area (Å²) in [6.07, 6.45) is 3.07. The Morgan fingerprint density at radius 1 is 1.46 bits per heavy atom. The maximum absolute atomic E-state index is 12.1. The molecule has 8 nitrogen and oxygen atoms in total. The molecule has 10 heteroatoms. The molecule has 0 aliphatic carbocycles. The van der Waals surface area contributed by atoms with Crippen molar-refractivity contribution in [2.75, 3.05) is 16.5 Å². The number of benzene rings is 1. The molecule has 0 unspecified atom stereocenters. The first-order valence-corrected chi connectivity index (χ1v) is 8.90. The standard InChI is InChI=1S/C16H15ClN6O2S/c1-10-4-5-11(17)7-13(10)19-14(24)9-26-16-20-15(22-23-16)21-18-8-12-3-2-6-25-12/h2-8H,9H2,1H3,(H,19,24)(H2,20,21,22,23)/b18-8-. The maximum Gasteiger partial charge on any atom is 0.240 e. The van der Waals surface area contributed by atoms with Gasteiger partial charge in [-0.05, 0) is 36.8 Å². The topological polar surface area (TPSA) is 108 Å². The van der Waals surface area contributed by atoms with Gasteiger partial charge < -0.3 is 9.73 Å². The van der Waals surface area contributed by atoms with Crippen LogP contribution in [0.2, 0.25) is 5.02 Å². The average molecular weight is 391 g/mol. The minimum Gasteiger partial charge on any atom is -0.463 e. The summed E-state index contributed by atoms with van der Waals surface area (Å²) in [4.78, 5) is 16.2. The Hall–Kier alpha value is -2.78. The summed E-state index contributed by atoms with van der Waals surface area (Å²) in [5.41, 5.74) is 4.32. The fourth-order valence-corrected chi connectivity index (χ4v) is 2.70. The lowest BCUT2D eigenvalue weighted by molar-refractivity contribution is -0.113. The van der Waals surface area contributed by atoms with Crippen molar-refractivity contribution in [1.29, 1.82) is 0 Å². The van der Waals surface area contributed by atoms with Crippen molar-refractivity contribution in [2.45, 2.75) is 12.1 Å². The summed E-state index contributed by atoms with van der Waals surface area (Å²) in [6.45, 7) is 1.90. The van der Waals surface area contributed by atoms with Crippen LogP contribution < -0.4 is 10.7 Å². The van der Waals surface area contributed by atoms with E-state index in [9.17, 15) is 4.79 Å². The number of H-pyrrole nitrogens is 1. The van der Waals surface area contributed by atoms with Crippen LogP contribution in [-0.4, -0.2) is 33.1 Å². The minimum absolute atomic E-state index is 0.166. The van der Waals surface area contributed by atoms with Gasteiger partial charge in [-0.15, -0.1) is 5.10 Å². The highest BCUT2D eigenvalue weighted by Gasteiger charge is 2.09. The number of hydrogen-bond donors (Lipinski definition) is 3. The molecule has 0 aliphatic heterocycles. The first kappa shape index (κ1) is 18.0. The molecule has 3 aromatic rings. The summed E-state index contributed by atoms with van der Waals surface area (Å²) in [5, 5.41) is 14.5. The third kappa shape index (κ3) is 5.11. The smallest absolute Gasteiger partial charge is 0.240 e. The Kier molecular flexibility index (Phi) is 5.92. The van der Waals surface area contributed by atoms with Crippen LogP contribution in [-0.2, 0) is 4.79 Å². The summed E-state index contributed by atoms with van der Waals surface area (Å²) >= 11 is 7.15. The number of carbonyl (C=O) groups excluding carboxylic acids is 1. The zero-order valence-corrected chi connectivity index (χ0v) is 15.3. The number of hydrogen-bond acceptors (Lipinski definition) is 7. The van der Waals surface area contributed by atoms with Gasteiger partial charge in [-0.1, -0.05) is 29.4 Å². The molecule has 0 aliphatic rings. The zero-order chi connectivity index (χ0) is 18.4. The van der Waals surface area contributed by atoms with Gasteiger partial charge in [0.2, 0.25) is 17.0 Å². The Morgan fingerprint density at radius 2 is 2.35 bits per heavy atom. The van der Waals surface area contributed by atoms with Crippen LogP contribution in [0.25, 0.3) is 0 Å². The molecule has 3 rings (SSSR count). The van der Waals surface area contributed by atoms with E-state index in [1.807, 2.05) is 13.0 Å². The summed E-state index contributed by atoms with van der Waals surface area (Å²) in [5.74, 6) is 0.968. The predicted molar refractivity (Wildman–Crippen MR) is 102 cm³/mol. The summed E-state index contributed by atoms with van der Waals surface area (Å²) in [7, 11) is 0. The van der Waals surface area contributed by atoms with E-state index in [4.69, 9.17) is 16.0 Å². The van der Waals surface area contributed by atoms with Gasteiger partial charge in [0, 0.05) is 10.7 Å². The number of halogens is 1. The molecule has 2 aromatic heterocycles. The van der Waals surface area contributed by atoms with Crippen LogP contribution in [0.3, 0.4) is 0 Å². The number of thioether (sulfide) groups is 1. The van der Waals surface area contributed by atoms with E-state index in [-0.39, 0.29) is 11.7 Å². The van der Waals surface area contributed by atoms with Crippen LogP contribution in [0, 0.1) is 6.92 Å². The first-order valence-electron chi connectivity index (χ1n) is 7.54. The summed E-state index contributed by atoms with van der Waals surface area (Å²) < 4.78 is 5.11. The van der Waals surface area contributed by atoms with Gasteiger partial charge in [-0.2, -0.15) is 10.1 Å². The summed E-state index contributed by atoms with van der Waals surface area (Å²) in [6, 6.07) is 8.87. The second kappa shape index (κ2) is 8.54. The molecule has 2 heterocycles. The normalized spacial score (nSPS) is 11.0. The van der Waals surface area contributed by atoms with E-state index in [0.29, 0.717) is 27.6 Å². The molecule has 26 heavy (non-hydrogen) atoms. The number of aryl methyl sites for hydroxylation is 1. The Morgan fingerprint density at radius 3 is 3.15 bits per heavy atom. The maximum atomic E-state index is 12.1. The van der Waals surface area contributed by atoms with E-state index in [1.54, 1.807) is 30.5 Å². The van der Waals surface area contributed by atoms with Crippen molar-refractivity contribution >= 4 is 47.1 Å². The number of aromatic amines is 1. The van der Waals surface area contributed by atoms with Crippen LogP contribution in [0.1, 0.15) is 11.3 Å². The van der Waals surface area contributed by atoms with Gasteiger partial charge in [-0.3, -0.25) is 4.79 Å². The molecular formula is C16H15ClN6O2S. The quantitative estimate of drug-likeness (QED) is 0.323. The van der Waals surface area contributed by atoms with Crippen LogP contribution in [0.15, 0.2) is 51.3 Å². The Labute approximate surface area is 158 Å². The van der Waals surface area contributed by atoms with Gasteiger partial charge >= 0.3 is 0 Å². The monoisotopic (exact) mass is 390 g/mol.